The standard InChI is InChI=1S/C25H27N5O2/c1-32-20-6-7-23-21(15-20)24(8-11-26-23)29-25(31)30-12-9-18(10-13-30)27-16-19-14-17-4-2-3-5-22(17)28-19/h2-8,11,14-15,18,27-28H,9-10,12-13,16H2,1H3,(H,26,29,31). The number of piperidine rings is 1. The van der Waals surface area contributed by atoms with Crippen LogP contribution in [0.2, 0.25) is 0 Å². The predicted molar refractivity (Wildman–Crippen MR) is 127 cm³/mol. The van der Waals surface area contributed by atoms with Crippen molar-refractivity contribution in [2.24, 2.45) is 0 Å². The summed E-state index contributed by atoms with van der Waals surface area (Å²) >= 11 is 0. The van der Waals surface area contributed by atoms with Crippen LogP contribution in [0.3, 0.4) is 0 Å². The van der Waals surface area contributed by atoms with E-state index in [2.05, 4.69) is 44.9 Å². The number of aromatic nitrogens is 2. The molecule has 0 saturated carbocycles. The summed E-state index contributed by atoms with van der Waals surface area (Å²) in [5.41, 5.74) is 3.92. The van der Waals surface area contributed by atoms with Gasteiger partial charge >= 0.3 is 6.03 Å². The minimum Gasteiger partial charge on any atom is -0.497 e. The molecule has 0 unspecified atom stereocenters. The molecule has 4 aromatic rings. The summed E-state index contributed by atoms with van der Waals surface area (Å²) in [6.07, 6.45) is 3.57. The number of methoxy groups -OCH3 is 1. The highest BCUT2D eigenvalue weighted by Crippen LogP contribution is 2.26. The maximum Gasteiger partial charge on any atom is 0.321 e. The summed E-state index contributed by atoms with van der Waals surface area (Å²) < 4.78 is 5.32. The van der Waals surface area contributed by atoms with Crippen molar-refractivity contribution in [1.29, 1.82) is 0 Å². The Kier molecular flexibility index (Phi) is 5.64. The molecule has 1 fully saturated rings. The van der Waals surface area contributed by atoms with E-state index < -0.39 is 0 Å². The number of benzene rings is 2. The van der Waals surface area contributed by atoms with Crippen molar-refractivity contribution in [2.75, 3.05) is 25.5 Å². The molecule has 3 heterocycles. The third-order valence-electron chi connectivity index (χ3n) is 6.14. The van der Waals surface area contributed by atoms with Crippen LogP contribution < -0.4 is 15.4 Å². The number of fused-ring (bicyclic) bond motifs is 2. The fourth-order valence-electron chi connectivity index (χ4n) is 4.33. The van der Waals surface area contributed by atoms with Gasteiger partial charge in [-0.05, 0) is 54.6 Å². The van der Waals surface area contributed by atoms with Crippen LogP contribution in [-0.4, -0.2) is 47.1 Å². The summed E-state index contributed by atoms with van der Waals surface area (Å²) in [4.78, 5) is 22.6. The van der Waals surface area contributed by atoms with Gasteiger partial charge in [0, 0.05) is 48.5 Å². The number of amides is 2. The highest BCUT2D eigenvalue weighted by molar-refractivity contribution is 6.00. The molecule has 1 aliphatic rings. The molecule has 2 aromatic carbocycles. The molecular formula is C25H27N5O2. The number of carbonyl (C=O) groups is 1. The van der Waals surface area contributed by atoms with Crippen molar-refractivity contribution in [1.82, 2.24) is 20.2 Å². The van der Waals surface area contributed by atoms with Crippen LogP contribution in [0.4, 0.5) is 10.5 Å². The summed E-state index contributed by atoms with van der Waals surface area (Å²) in [7, 11) is 1.63. The van der Waals surface area contributed by atoms with Crippen LogP contribution in [0, 0.1) is 0 Å². The third kappa shape index (κ3) is 4.24. The number of nitrogens with one attached hydrogen (secondary N) is 3. The van der Waals surface area contributed by atoms with Crippen molar-refractivity contribution in [3.8, 4) is 5.75 Å². The van der Waals surface area contributed by atoms with E-state index in [0.717, 1.165) is 60.3 Å². The van der Waals surface area contributed by atoms with Gasteiger partial charge < -0.3 is 25.3 Å². The number of urea groups is 1. The molecule has 7 heteroatoms. The maximum atomic E-state index is 12.9. The minimum atomic E-state index is -0.0746. The molecule has 1 saturated heterocycles. The van der Waals surface area contributed by atoms with Gasteiger partial charge in [0.05, 0.1) is 18.3 Å². The first-order valence-corrected chi connectivity index (χ1v) is 11.0. The monoisotopic (exact) mass is 429 g/mol. The Bertz CT molecular complexity index is 1210. The SMILES string of the molecule is COc1ccc2nccc(NC(=O)N3CCC(NCc4cc5ccccc5[nH]4)CC3)c2c1. The van der Waals surface area contributed by atoms with Crippen LogP contribution in [0.5, 0.6) is 5.75 Å². The number of H-pyrrole nitrogens is 1. The second kappa shape index (κ2) is 8.88. The van der Waals surface area contributed by atoms with Crippen LogP contribution in [0.15, 0.2) is 60.8 Å². The van der Waals surface area contributed by atoms with Crippen LogP contribution in [0.1, 0.15) is 18.5 Å². The molecule has 1 aliphatic heterocycles. The molecule has 7 nitrogen and oxygen atoms in total. The Labute approximate surface area is 186 Å². The zero-order chi connectivity index (χ0) is 21.9. The first-order chi connectivity index (χ1) is 15.7. The van der Waals surface area contributed by atoms with Gasteiger partial charge in [0.25, 0.3) is 0 Å². The van der Waals surface area contributed by atoms with Crippen molar-refractivity contribution in [3.05, 3.63) is 66.5 Å². The first kappa shape index (κ1) is 20.3. The number of hydrogen-bond donors (Lipinski definition) is 3. The van der Waals surface area contributed by atoms with E-state index in [4.69, 9.17) is 4.74 Å². The Morgan fingerprint density at radius 2 is 2.00 bits per heavy atom. The summed E-state index contributed by atoms with van der Waals surface area (Å²) in [5.74, 6) is 0.739. The second-order valence-electron chi connectivity index (χ2n) is 8.20. The highest BCUT2D eigenvalue weighted by Gasteiger charge is 2.23. The lowest BCUT2D eigenvalue weighted by molar-refractivity contribution is 0.188. The first-order valence-electron chi connectivity index (χ1n) is 11.0. The van der Waals surface area contributed by atoms with Crippen molar-refractivity contribution in [2.45, 2.75) is 25.4 Å². The molecule has 2 amide bonds. The average molecular weight is 430 g/mol. The van der Waals surface area contributed by atoms with E-state index >= 15 is 0 Å². The van der Waals surface area contributed by atoms with Gasteiger partial charge in [-0.25, -0.2) is 4.79 Å². The Balaban J connectivity index is 1.16. The number of rotatable bonds is 5. The Morgan fingerprint density at radius 3 is 2.81 bits per heavy atom. The summed E-state index contributed by atoms with van der Waals surface area (Å²) in [6, 6.07) is 18.3. The number of carbonyl (C=O) groups excluding carboxylic acids is 1. The average Bonchev–Trinajstić information content (AvgIpc) is 3.26. The van der Waals surface area contributed by atoms with E-state index in [0.29, 0.717) is 6.04 Å². The van der Waals surface area contributed by atoms with Gasteiger partial charge in [-0.2, -0.15) is 0 Å². The number of para-hydroxylation sites is 1. The lowest BCUT2D eigenvalue weighted by Gasteiger charge is -2.32. The topological polar surface area (TPSA) is 82.3 Å². The maximum absolute atomic E-state index is 12.9. The molecule has 0 spiro atoms. The molecule has 0 bridgehead atoms. The van der Waals surface area contributed by atoms with E-state index in [1.807, 2.05) is 35.2 Å². The predicted octanol–water partition coefficient (Wildman–Crippen LogP) is 4.51. The van der Waals surface area contributed by atoms with Crippen LogP contribution in [-0.2, 0) is 6.54 Å². The number of likely N-dealkylation sites (tertiary alicyclic amines) is 1. The normalized spacial score (nSPS) is 14.7. The number of pyridine rings is 1. The Hall–Kier alpha value is -3.58. The zero-order valence-corrected chi connectivity index (χ0v) is 18.1. The highest BCUT2D eigenvalue weighted by atomic mass is 16.5. The summed E-state index contributed by atoms with van der Waals surface area (Å²) in [6.45, 7) is 2.25. The zero-order valence-electron chi connectivity index (χ0n) is 18.1. The van der Waals surface area contributed by atoms with E-state index in [-0.39, 0.29) is 6.03 Å². The Morgan fingerprint density at radius 1 is 1.16 bits per heavy atom. The number of anilines is 1. The van der Waals surface area contributed by atoms with Gasteiger partial charge in [0.1, 0.15) is 5.75 Å². The molecular weight excluding hydrogens is 402 g/mol. The molecule has 0 atom stereocenters. The van der Waals surface area contributed by atoms with Crippen LogP contribution in [0.25, 0.3) is 21.8 Å². The molecule has 0 radical (unpaired) electrons. The van der Waals surface area contributed by atoms with E-state index in [1.54, 1.807) is 13.3 Å². The molecule has 5 rings (SSSR count). The van der Waals surface area contributed by atoms with Crippen molar-refractivity contribution >= 4 is 33.5 Å². The van der Waals surface area contributed by atoms with Gasteiger partial charge in [-0.15, -0.1) is 0 Å². The number of nitrogens with zero attached hydrogens (tertiary/aromatic N) is 2. The van der Waals surface area contributed by atoms with Gasteiger partial charge in [0.15, 0.2) is 0 Å². The number of ether oxygens (including phenoxy) is 1. The smallest absolute Gasteiger partial charge is 0.321 e. The van der Waals surface area contributed by atoms with Crippen molar-refractivity contribution < 1.29 is 9.53 Å². The molecule has 0 aliphatic carbocycles. The minimum absolute atomic E-state index is 0.0746. The lowest BCUT2D eigenvalue weighted by atomic mass is 10.1. The molecule has 2 aromatic heterocycles. The van der Waals surface area contributed by atoms with Crippen LogP contribution >= 0.6 is 0 Å². The van der Waals surface area contributed by atoms with Gasteiger partial charge in [-0.3, -0.25) is 4.98 Å². The van der Waals surface area contributed by atoms with Gasteiger partial charge in [0.2, 0.25) is 0 Å². The number of aromatic amines is 1. The molecule has 3 N–H and O–H groups in total. The fraction of sp³-hybridized carbons (Fsp3) is 0.280. The molecule has 164 valence electrons. The quantitative estimate of drug-likeness (QED) is 0.436. The largest absolute Gasteiger partial charge is 0.497 e. The summed E-state index contributed by atoms with van der Waals surface area (Å²) in [5, 5.41) is 8.80. The second-order valence-corrected chi connectivity index (χ2v) is 8.20. The third-order valence-corrected chi connectivity index (χ3v) is 6.14. The van der Waals surface area contributed by atoms with Gasteiger partial charge in [-0.1, -0.05) is 18.2 Å². The van der Waals surface area contributed by atoms with Crippen molar-refractivity contribution in [3.63, 3.8) is 0 Å². The van der Waals surface area contributed by atoms with E-state index in [1.165, 1.54) is 11.1 Å². The lowest BCUT2D eigenvalue weighted by Crippen LogP contribution is -2.46. The fourth-order valence-corrected chi connectivity index (χ4v) is 4.33. The molecule has 32 heavy (non-hydrogen) atoms. The number of hydrogen-bond acceptors (Lipinski definition) is 4. The van der Waals surface area contributed by atoms with E-state index in [9.17, 15) is 4.79 Å².